The van der Waals surface area contributed by atoms with Crippen molar-refractivity contribution in [3.8, 4) is 17.2 Å². The number of aromatic nitrogens is 3. The van der Waals surface area contributed by atoms with Gasteiger partial charge in [0.05, 0.1) is 5.69 Å². The van der Waals surface area contributed by atoms with E-state index in [9.17, 15) is 27.6 Å². The van der Waals surface area contributed by atoms with Gasteiger partial charge in [-0.2, -0.15) is 13.2 Å². The molecule has 3 rings (SSSR count). The SMILES string of the molecule is Cc1cc(-n2c(=O)[nH]c(=O)n(C)c2=O)ccc1Oc1cccc(SC(F)(F)F)c1. The number of aromatic amines is 1. The second-order valence-corrected chi connectivity index (χ2v) is 7.13. The molecule has 0 radical (unpaired) electrons. The topological polar surface area (TPSA) is 86.1 Å². The van der Waals surface area contributed by atoms with Crippen LogP contribution < -0.4 is 21.8 Å². The van der Waals surface area contributed by atoms with E-state index in [1.54, 1.807) is 6.92 Å². The summed E-state index contributed by atoms with van der Waals surface area (Å²) in [5.41, 5.74) is -6.21. The largest absolute Gasteiger partial charge is 0.457 e. The number of nitrogens with zero attached hydrogens (tertiary/aromatic N) is 2. The molecule has 1 heterocycles. The maximum absolute atomic E-state index is 12.5. The van der Waals surface area contributed by atoms with Crippen LogP contribution in [0.25, 0.3) is 5.69 Å². The number of thioether (sulfide) groups is 1. The van der Waals surface area contributed by atoms with Crippen molar-refractivity contribution in [2.24, 2.45) is 7.05 Å². The average molecular weight is 425 g/mol. The van der Waals surface area contributed by atoms with Crippen LogP contribution >= 0.6 is 11.8 Å². The highest BCUT2D eigenvalue weighted by Crippen LogP contribution is 2.38. The summed E-state index contributed by atoms with van der Waals surface area (Å²) in [6, 6.07) is 9.92. The molecule has 0 amide bonds. The van der Waals surface area contributed by atoms with Crippen LogP contribution in [0.4, 0.5) is 13.2 Å². The van der Waals surface area contributed by atoms with E-state index >= 15 is 0 Å². The smallest absolute Gasteiger partial charge is 0.446 e. The highest BCUT2D eigenvalue weighted by atomic mass is 32.2. The van der Waals surface area contributed by atoms with Crippen LogP contribution in [0.15, 0.2) is 61.7 Å². The maximum atomic E-state index is 12.5. The first-order valence-corrected chi connectivity index (χ1v) is 8.94. The predicted octanol–water partition coefficient (Wildman–Crippen LogP) is 2.94. The van der Waals surface area contributed by atoms with Crippen LogP contribution in [0.2, 0.25) is 0 Å². The van der Waals surface area contributed by atoms with Crippen LogP contribution in [-0.4, -0.2) is 19.6 Å². The summed E-state index contributed by atoms with van der Waals surface area (Å²) >= 11 is -0.249. The van der Waals surface area contributed by atoms with Crippen LogP contribution in [0.5, 0.6) is 11.5 Å². The van der Waals surface area contributed by atoms with Crippen molar-refractivity contribution in [1.82, 2.24) is 14.1 Å². The van der Waals surface area contributed by atoms with Gasteiger partial charge in [-0.15, -0.1) is 0 Å². The van der Waals surface area contributed by atoms with Crippen molar-refractivity contribution in [1.29, 1.82) is 0 Å². The lowest BCUT2D eigenvalue weighted by molar-refractivity contribution is -0.0328. The molecule has 0 atom stereocenters. The molecule has 0 bridgehead atoms. The van der Waals surface area contributed by atoms with E-state index in [-0.39, 0.29) is 28.1 Å². The molecule has 29 heavy (non-hydrogen) atoms. The van der Waals surface area contributed by atoms with Gasteiger partial charge in [-0.1, -0.05) is 6.07 Å². The molecule has 0 fully saturated rings. The predicted molar refractivity (Wildman–Crippen MR) is 101 cm³/mol. The van der Waals surface area contributed by atoms with E-state index in [0.29, 0.717) is 11.3 Å². The first-order chi connectivity index (χ1) is 13.5. The number of hydrogen-bond acceptors (Lipinski definition) is 5. The van der Waals surface area contributed by atoms with E-state index in [1.165, 1.54) is 49.5 Å². The quantitative estimate of drug-likeness (QED) is 0.650. The maximum Gasteiger partial charge on any atom is 0.446 e. The first kappa shape index (κ1) is 20.5. The Morgan fingerprint density at radius 1 is 1.03 bits per heavy atom. The molecule has 0 saturated carbocycles. The second kappa shape index (κ2) is 7.66. The molecule has 1 aromatic heterocycles. The lowest BCUT2D eigenvalue weighted by Crippen LogP contribution is -2.47. The minimum Gasteiger partial charge on any atom is -0.457 e. The molecule has 0 unspecified atom stereocenters. The van der Waals surface area contributed by atoms with Crippen molar-refractivity contribution in [3.05, 3.63) is 79.5 Å². The van der Waals surface area contributed by atoms with Crippen LogP contribution in [0.3, 0.4) is 0 Å². The van der Waals surface area contributed by atoms with Gasteiger partial charge >= 0.3 is 22.6 Å². The fourth-order valence-corrected chi connectivity index (χ4v) is 3.12. The Bertz CT molecular complexity index is 1240. The van der Waals surface area contributed by atoms with E-state index < -0.39 is 22.6 Å². The number of alkyl halides is 3. The van der Waals surface area contributed by atoms with Gasteiger partial charge in [-0.05, 0) is 60.6 Å². The molecule has 152 valence electrons. The molecule has 1 N–H and O–H groups in total. The van der Waals surface area contributed by atoms with Gasteiger partial charge in [0.1, 0.15) is 11.5 Å². The van der Waals surface area contributed by atoms with Crippen molar-refractivity contribution in [2.75, 3.05) is 0 Å². The Hall–Kier alpha value is -3.21. The van der Waals surface area contributed by atoms with Crippen LogP contribution in [0, 0.1) is 6.92 Å². The number of rotatable bonds is 4. The summed E-state index contributed by atoms with van der Waals surface area (Å²) in [5, 5.41) is 0. The monoisotopic (exact) mass is 425 g/mol. The first-order valence-electron chi connectivity index (χ1n) is 8.12. The number of halogens is 3. The summed E-state index contributed by atoms with van der Waals surface area (Å²) in [4.78, 5) is 37.7. The third kappa shape index (κ3) is 4.62. The second-order valence-electron chi connectivity index (χ2n) is 5.99. The third-order valence-electron chi connectivity index (χ3n) is 3.88. The molecule has 0 aliphatic rings. The van der Waals surface area contributed by atoms with Crippen molar-refractivity contribution >= 4 is 11.8 Å². The van der Waals surface area contributed by atoms with Crippen LogP contribution in [0.1, 0.15) is 5.56 Å². The lowest BCUT2D eigenvalue weighted by Gasteiger charge is -2.12. The molecule has 0 aliphatic heterocycles. The van der Waals surface area contributed by atoms with Gasteiger partial charge in [0.15, 0.2) is 0 Å². The minimum atomic E-state index is -4.41. The van der Waals surface area contributed by atoms with Gasteiger partial charge in [0, 0.05) is 11.9 Å². The molecule has 0 aliphatic carbocycles. The van der Waals surface area contributed by atoms with E-state index in [1.807, 2.05) is 4.98 Å². The standard InChI is InChI=1S/C18H14F3N3O4S/c1-10-8-11(24-16(26)22-15(25)23(2)17(24)27)6-7-14(10)28-12-4-3-5-13(9-12)29-18(19,20)21/h3-9H,1-2H3,(H,22,25,26). The Labute approximate surface area is 165 Å². The third-order valence-corrected chi connectivity index (χ3v) is 4.60. The minimum absolute atomic E-state index is 0.0208. The number of H-pyrrole nitrogens is 1. The molecule has 7 nitrogen and oxygen atoms in total. The molecule has 0 saturated heterocycles. The summed E-state index contributed by atoms with van der Waals surface area (Å²) < 4.78 is 44.8. The van der Waals surface area contributed by atoms with Gasteiger partial charge in [0.2, 0.25) is 0 Å². The van der Waals surface area contributed by atoms with Crippen molar-refractivity contribution in [3.63, 3.8) is 0 Å². The van der Waals surface area contributed by atoms with Crippen molar-refractivity contribution < 1.29 is 17.9 Å². The molecule has 2 aromatic carbocycles. The number of hydrogen-bond donors (Lipinski definition) is 1. The number of benzene rings is 2. The molecular formula is C18H14F3N3O4S. The lowest BCUT2D eigenvalue weighted by atomic mass is 10.2. The fraction of sp³-hybridized carbons (Fsp3) is 0.167. The van der Waals surface area contributed by atoms with E-state index in [4.69, 9.17) is 4.74 Å². The highest BCUT2D eigenvalue weighted by Gasteiger charge is 2.29. The molecule has 3 aromatic rings. The Morgan fingerprint density at radius 3 is 2.41 bits per heavy atom. The summed E-state index contributed by atoms with van der Waals surface area (Å²) in [6.07, 6.45) is 0. The Balaban J connectivity index is 1.93. The van der Waals surface area contributed by atoms with Gasteiger partial charge in [0.25, 0.3) is 0 Å². The van der Waals surface area contributed by atoms with E-state index in [2.05, 4.69) is 0 Å². The summed E-state index contributed by atoms with van der Waals surface area (Å²) in [6.45, 7) is 1.65. The average Bonchev–Trinajstić information content (AvgIpc) is 2.61. The van der Waals surface area contributed by atoms with Crippen molar-refractivity contribution in [2.45, 2.75) is 17.3 Å². The zero-order chi connectivity index (χ0) is 21.3. The summed E-state index contributed by atoms with van der Waals surface area (Å²) in [7, 11) is 1.23. The zero-order valence-electron chi connectivity index (χ0n) is 15.1. The van der Waals surface area contributed by atoms with Gasteiger partial charge < -0.3 is 4.74 Å². The van der Waals surface area contributed by atoms with E-state index in [0.717, 1.165) is 9.13 Å². The van der Waals surface area contributed by atoms with Gasteiger partial charge in [-0.3, -0.25) is 4.98 Å². The number of nitrogens with one attached hydrogen (secondary N) is 1. The van der Waals surface area contributed by atoms with Crippen LogP contribution in [-0.2, 0) is 7.05 Å². The Morgan fingerprint density at radius 2 is 1.76 bits per heavy atom. The normalized spacial score (nSPS) is 11.5. The fourth-order valence-electron chi connectivity index (χ4n) is 2.53. The Kier molecular flexibility index (Phi) is 5.42. The zero-order valence-corrected chi connectivity index (χ0v) is 15.9. The molecule has 11 heteroatoms. The molecule has 0 spiro atoms. The number of ether oxygens (including phenoxy) is 1. The summed E-state index contributed by atoms with van der Waals surface area (Å²) in [5.74, 6) is 0.532. The van der Waals surface area contributed by atoms with Gasteiger partial charge in [-0.25, -0.2) is 23.5 Å². The molecular weight excluding hydrogens is 411 g/mol. The highest BCUT2D eigenvalue weighted by molar-refractivity contribution is 8.00. The number of aryl methyl sites for hydroxylation is 1.